The number of rotatable bonds is 0. The van der Waals surface area contributed by atoms with E-state index in [4.69, 9.17) is 5.11 Å². The Kier molecular flexibility index (Phi) is 1.56. The molecule has 0 amide bonds. The summed E-state index contributed by atoms with van der Waals surface area (Å²) in [4.78, 5) is 0. The van der Waals surface area contributed by atoms with Crippen LogP contribution in [0.5, 0.6) is 0 Å². The van der Waals surface area contributed by atoms with E-state index in [1.807, 2.05) is 6.08 Å². The van der Waals surface area contributed by atoms with Gasteiger partial charge >= 0.3 is 0 Å². The molecule has 0 spiro atoms. The third-order valence-corrected chi connectivity index (χ3v) is 1.65. The molecule has 0 aromatic rings. The van der Waals surface area contributed by atoms with Gasteiger partial charge in [-0.3, -0.25) is 0 Å². The number of aliphatic hydroxyl groups is 1. The van der Waals surface area contributed by atoms with E-state index in [1.165, 1.54) is 0 Å². The Morgan fingerprint density at radius 1 is 1.75 bits per heavy atom. The third-order valence-electron chi connectivity index (χ3n) is 1.65. The van der Waals surface area contributed by atoms with Crippen molar-refractivity contribution in [1.29, 1.82) is 0 Å². The molecule has 0 aliphatic heterocycles. The molecule has 0 saturated carbocycles. The molecule has 1 atom stereocenters. The first kappa shape index (κ1) is 5.67. The molecular weight excluding hydrogens is 100 g/mol. The molecule has 1 aliphatic rings. The normalized spacial score (nSPS) is 29.6. The van der Waals surface area contributed by atoms with E-state index in [0.29, 0.717) is 5.76 Å². The van der Waals surface area contributed by atoms with Crippen molar-refractivity contribution in [2.45, 2.75) is 26.2 Å². The molecular formula is C7H12O. The van der Waals surface area contributed by atoms with Crippen LogP contribution in [0.3, 0.4) is 0 Å². The molecule has 0 radical (unpaired) electrons. The zero-order chi connectivity index (χ0) is 5.98. The predicted molar refractivity (Wildman–Crippen MR) is 33.7 cm³/mol. The van der Waals surface area contributed by atoms with Gasteiger partial charge < -0.3 is 5.11 Å². The minimum atomic E-state index is 0.586. The predicted octanol–water partition coefficient (Wildman–Crippen LogP) is 2.25. The van der Waals surface area contributed by atoms with Crippen molar-refractivity contribution in [3.05, 3.63) is 11.8 Å². The monoisotopic (exact) mass is 112 g/mol. The molecule has 0 fully saturated rings. The van der Waals surface area contributed by atoms with Gasteiger partial charge in [-0.05, 0) is 24.8 Å². The van der Waals surface area contributed by atoms with Crippen LogP contribution in [0.4, 0.5) is 0 Å². The molecule has 1 N–H and O–H groups in total. The Labute approximate surface area is 50.0 Å². The summed E-state index contributed by atoms with van der Waals surface area (Å²) in [5.74, 6) is 1.37. The van der Waals surface area contributed by atoms with Gasteiger partial charge in [0, 0.05) is 6.42 Å². The highest BCUT2D eigenvalue weighted by molar-refractivity contribution is 4.95. The van der Waals surface area contributed by atoms with Gasteiger partial charge in [0.25, 0.3) is 0 Å². The molecule has 0 heterocycles. The minimum Gasteiger partial charge on any atom is -0.513 e. The number of hydrogen-bond acceptors (Lipinski definition) is 1. The highest BCUT2D eigenvalue weighted by atomic mass is 16.3. The second kappa shape index (κ2) is 2.21. The van der Waals surface area contributed by atoms with E-state index in [0.717, 1.165) is 25.2 Å². The lowest BCUT2D eigenvalue weighted by Gasteiger charge is -2.13. The van der Waals surface area contributed by atoms with Crippen LogP contribution in [0.1, 0.15) is 26.2 Å². The molecule has 1 unspecified atom stereocenters. The van der Waals surface area contributed by atoms with Gasteiger partial charge in [-0.25, -0.2) is 0 Å². The van der Waals surface area contributed by atoms with Crippen molar-refractivity contribution in [3.63, 3.8) is 0 Å². The van der Waals surface area contributed by atoms with Crippen molar-refractivity contribution >= 4 is 0 Å². The Bertz CT molecular complexity index is 105. The van der Waals surface area contributed by atoms with Gasteiger partial charge in [-0.15, -0.1) is 0 Å². The van der Waals surface area contributed by atoms with Gasteiger partial charge in [0.15, 0.2) is 0 Å². The van der Waals surface area contributed by atoms with Crippen LogP contribution >= 0.6 is 0 Å². The summed E-state index contributed by atoms with van der Waals surface area (Å²) in [5.41, 5.74) is 0. The lowest BCUT2D eigenvalue weighted by Crippen LogP contribution is -2.00. The SMILES string of the molecule is CC1CC=C(O)CC1. The highest BCUT2D eigenvalue weighted by Gasteiger charge is 2.07. The van der Waals surface area contributed by atoms with E-state index in [1.54, 1.807) is 0 Å². The van der Waals surface area contributed by atoms with Crippen LogP contribution in [0.15, 0.2) is 11.8 Å². The van der Waals surface area contributed by atoms with E-state index in [2.05, 4.69) is 6.92 Å². The maximum absolute atomic E-state index is 8.89. The molecule has 0 bridgehead atoms. The van der Waals surface area contributed by atoms with E-state index in [9.17, 15) is 0 Å². The van der Waals surface area contributed by atoms with E-state index >= 15 is 0 Å². The molecule has 46 valence electrons. The first-order chi connectivity index (χ1) is 3.79. The minimum absolute atomic E-state index is 0.586. The van der Waals surface area contributed by atoms with Gasteiger partial charge in [0.1, 0.15) is 0 Å². The van der Waals surface area contributed by atoms with Crippen molar-refractivity contribution in [3.8, 4) is 0 Å². The lowest BCUT2D eigenvalue weighted by molar-refractivity contribution is 0.344. The summed E-state index contributed by atoms with van der Waals surface area (Å²) < 4.78 is 0. The molecule has 0 aromatic heterocycles. The molecule has 1 nitrogen and oxygen atoms in total. The van der Waals surface area contributed by atoms with Crippen LogP contribution in [-0.4, -0.2) is 5.11 Å². The van der Waals surface area contributed by atoms with Crippen molar-refractivity contribution in [2.24, 2.45) is 5.92 Å². The second-order valence-electron chi connectivity index (χ2n) is 2.58. The Morgan fingerprint density at radius 2 is 2.50 bits per heavy atom. The molecule has 1 heteroatoms. The molecule has 1 rings (SSSR count). The zero-order valence-corrected chi connectivity index (χ0v) is 5.22. The van der Waals surface area contributed by atoms with Crippen LogP contribution in [-0.2, 0) is 0 Å². The number of allylic oxidation sites excluding steroid dienone is 2. The summed E-state index contributed by atoms with van der Waals surface area (Å²) >= 11 is 0. The van der Waals surface area contributed by atoms with Crippen LogP contribution < -0.4 is 0 Å². The fourth-order valence-electron chi connectivity index (χ4n) is 0.951. The summed E-state index contributed by atoms with van der Waals surface area (Å²) in [6.07, 6.45) is 5.03. The van der Waals surface area contributed by atoms with E-state index < -0.39 is 0 Å². The Morgan fingerprint density at radius 3 is 2.88 bits per heavy atom. The highest BCUT2D eigenvalue weighted by Crippen LogP contribution is 2.20. The van der Waals surface area contributed by atoms with Crippen LogP contribution in [0.2, 0.25) is 0 Å². The fraction of sp³-hybridized carbons (Fsp3) is 0.714. The zero-order valence-electron chi connectivity index (χ0n) is 5.22. The topological polar surface area (TPSA) is 20.2 Å². The summed E-state index contributed by atoms with van der Waals surface area (Å²) in [7, 11) is 0. The number of hydrogen-bond donors (Lipinski definition) is 1. The maximum atomic E-state index is 8.89. The summed E-state index contributed by atoms with van der Waals surface area (Å²) in [6, 6.07) is 0. The average Bonchev–Trinajstić information content (AvgIpc) is 1.77. The average molecular weight is 112 g/mol. The standard InChI is InChI=1S/C7H12O/c1-6-2-4-7(8)5-3-6/h4,6,8H,2-3,5H2,1H3. The van der Waals surface area contributed by atoms with E-state index in [-0.39, 0.29) is 0 Å². The van der Waals surface area contributed by atoms with Gasteiger partial charge in [0.2, 0.25) is 0 Å². The lowest BCUT2D eigenvalue weighted by atomic mass is 9.96. The Hall–Kier alpha value is -0.460. The fourth-order valence-corrected chi connectivity index (χ4v) is 0.951. The van der Waals surface area contributed by atoms with Crippen molar-refractivity contribution in [1.82, 2.24) is 0 Å². The quantitative estimate of drug-likeness (QED) is 0.509. The molecule has 0 aromatic carbocycles. The molecule has 0 saturated heterocycles. The maximum Gasteiger partial charge on any atom is 0.0883 e. The largest absolute Gasteiger partial charge is 0.513 e. The summed E-state index contributed by atoms with van der Waals surface area (Å²) in [5, 5.41) is 8.89. The number of aliphatic hydroxyl groups excluding tert-OH is 1. The molecule has 1 aliphatic carbocycles. The first-order valence-corrected chi connectivity index (χ1v) is 3.17. The van der Waals surface area contributed by atoms with Crippen molar-refractivity contribution < 1.29 is 5.11 Å². The third kappa shape index (κ3) is 1.25. The van der Waals surface area contributed by atoms with Crippen LogP contribution in [0.25, 0.3) is 0 Å². The van der Waals surface area contributed by atoms with Gasteiger partial charge in [0.05, 0.1) is 5.76 Å². The Balaban J connectivity index is 2.42. The smallest absolute Gasteiger partial charge is 0.0883 e. The summed E-state index contributed by atoms with van der Waals surface area (Å²) in [6.45, 7) is 2.21. The first-order valence-electron chi connectivity index (χ1n) is 3.17. The van der Waals surface area contributed by atoms with Gasteiger partial charge in [-0.2, -0.15) is 0 Å². The van der Waals surface area contributed by atoms with Crippen molar-refractivity contribution in [2.75, 3.05) is 0 Å². The van der Waals surface area contributed by atoms with Gasteiger partial charge in [-0.1, -0.05) is 6.92 Å². The second-order valence-corrected chi connectivity index (χ2v) is 2.58. The molecule has 8 heavy (non-hydrogen) atoms. The van der Waals surface area contributed by atoms with Crippen LogP contribution in [0, 0.1) is 5.92 Å².